The molecular weight excluding hydrogens is 692 g/mol. The molecule has 280 valence electrons. The molecule has 4 bridgehead atoms. The van der Waals surface area contributed by atoms with E-state index in [1.165, 1.54) is 124 Å². The van der Waals surface area contributed by atoms with Gasteiger partial charge in [0.25, 0.3) is 0 Å². The second-order valence-electron chi connectivity index (χ2n) is 17.1. The SMILES string of the molecule is FC(F)(F)c1ccc(C2=Cc3cccc[n+]3[B-]23C2CCCC3CCC2)cc1.FC(F)(F)c1ccc(C2=Cc3cccc[n+]3[B-]23C2CCCC3CCC2)cc1. The first-order chi connectivity index (χ1) is 26.0. The van der Waals surface area contributed by atoms with Crippen LogP contribution in [0.1, 0.15) is 111 Å². The average molecular weight is 738 g/mol. The minimum Gasteiger partial charge on any atom is -0.416 e. The van der Waals surface area contributed by atoms with Gasteiger partial charge in [-0.15, -0.1) is 10.9 Å². The molecule has 0 N–H and O–H groups in total. The molecule has 0 saturated carbocycles. The van der Waals surface area contributed by atoms with Crippen molar-refractivity contribution in [1.29, 1.82) is 0 Å². The summed E-state index contributed by atoms with van der Waals surface area (Å²) in [4.78, 5) is 0. The highest BCUT2D eigenvalue weighted by Crippen LogP contribution is 2.59. The third-order valence-corrected chi connectivity index (χ3v) is 14.9. The summed E-state index contributed by atoms with van der Waals surface area (Å²) in [6, 6.07) is 24.3. The van der Waals surface area contributed by atoms with Crippen LogP contribution in [0, 0.1) is 0 Å². The van der Waals surface area contributed by atoms with E-state index in [9.17, 15) is 26.3 Å². The van der Waals surface area contributed by atoms with Crippen LogP contribution >= 0.6 is 0 Å². The van der Waals surface area contributed by atoms with Gasteiger partial charge in [-0.3, -0.25) is 0 Å². The van der Waals surface area contributed by atoms with Crippen LogP contribution in [0.5, 0.6) is 0 Å². The van der Waals surface area contributed by atoms with E-state index in [1.807, 2.05) is 0 Å². The zero-order valence-corrected chi connectivity index (χ0v) is 30.5. The Labute approximate surface area is 313 Å². The maximum atomic E-state index is 13.0. The predicted molar refractivity (Wildman–Crippen MR) is 205 cm³/mol. The summed E-state index contributed by atoms with van der Waals surface area (Å²) in [5.41, 5.74) is 5.75. The molecule has 4 aromatic rings. The summed E-state index contributed by atoms with van der Waals surface area (Å²) in [7, 11) is 0. The van der Waals surface area contributed by atoms with Crippen LogP contribution in [0.25, 0.3) is 23.1 Å². The number of hydrogen-bond acceptors (Lipinski definition) is 0. The van der Waals surface area contributed by atoms with Gasteiger partial charge in [0.1, 0.15) is 23.8 Å². The third-order valence-electron chi connectivity index (χ3n) is 14.9. The molecule has 2 aromatic carbocycles. The molecule has 2 nitrogen and oxygen atoms in total. The van der Waals surface area contributed by atoms with E-state index in [0.29, 0.717) is 23.3 Å². The molecule has 54 heavy (non-hydrogen) atoms. The molecular formula is C44H46B2F6N2. The van der Waals surface area contributed by atoms with Crippen molar-refractivity contribution in [3.8, 4) is 0 Å². The van der Waals surface area contributed by atoms with Gasteiger partial charge < -0.3 is 8.96 Å². The first-order valence-corrected chi connectivity index (χ1v) is 20.2. The average Bonchev–Trinajstić information content (AvgIpc) is 3.65. The summed E-state index contributed by atoms with van der Waals surface area (Å²) >= 11 is 0. The van der Waals surface area contributed by atoms with E-state index < -0.39 is 36.0 Å². The molecule has 4 saturated heterocycles. The van der Waals surface area contributed by atoms with Crippen molar-refractivity contribution < 1.29 is 35.3 Å². The largest absolute Gasteiger partial charge is 0.416 e. The summed E-state index contributed by atoms with van der Waals surface area (Å²) < 4.78 is 83.2. The van der Waals surface area contributed by atoms with Crippen molar-refractivity contribution in [1.82, 2.24) is 0 Å². The lowest BCUT2D eigenvalue weighted by Gasteiger charge is -2.53. The van der Waals surface area contributed by atoms with Gasteiger partial charge in [-0.1, -0.05) is 148 Å². The van der Waals surface area contributed by atoms with Gasteiger partial charge in [0.15, 0.2) is 0 Å². The highest BCUT2D eigenvalue weighted by atomic mass is 19.4. The number of halogens is 6. The summed E-state index contributed by atoms with van der Waals surface area (Å²) in [5, 5.41) is 0. The first-order valence-electron chi connectivity index (χ1n) is 20.2. The fraction of sp³-hybridized carbons (Fsp3) is 0.409. The van der Waals surface area contributed by atoms with Crippen LogP contribution in [0.4, 0.5) is 26.3 Å². The third kappa shape index (κ3) is 5.55. The Kier molecular flexibility index (Phi) is 8.77. The number of aromatic nitrogens is 2. The summed E-state index contributed by atoms with van der Waals surface area (Å²) in [5.74, 6) is 2.50. The second-order valence-corrected chi connectivity index (χ2v) is 17.1. The molecule has 0 atom stereocenters. The minimum atomic E-state index is -4.29. The molecule has 6 aliphatic heterocycles. The lowest BCUT2D eigenvalue weighted by atomic mass is 9.14. The van der Waals surface area contributed by atoms with Crippen molar-refractivity contribution in [2.24, 2.45) is 0 Å². The van der Waals surface area contributed by atoms with E-state index in [-0.39, 0.29) is 0 Å². The predicted octanol–water partition coefficient (Wildman–Crippen LogP) is 12.0. The van der Waals surface area contributed by atoms with Crippen molar-refractivity contribution >= 4 is 35.7 Å². The van der Waals surface area contributed by atoms with Crippen molar-refractivity contribution in [3.05, 3.63) is 131 Å². The van der Waals surface area contributed by atoms with Gasteiger partial charge in [-0.2, -0.15) is 26.3 Å². The lowest BCUT2D eigenvalue weighted by molar-refractivity contribution is -0.549. The monoisotopic (exact) mass is 738 g/mol. The molecule has 6 aliphatic rings. The first kappa shape index (κ1) is 35.6. The molecule has 0 amide bonds. The van der Waals surface area contributed by atoms with Gasteiger partial charge in [0, 0.05) is 12.1 Å². The van der Waals surface area contributed by atoms with Crippen LogP contribution in [0.3, 0.4) is 0 Å². The quantitative estimate of drug-likeness (QED) is 0.143. The van der Waals surface area contributed by atoms with Gasteiger partial charge in [0.2, 0.25) is 0 Å². The van der Waals surface area contributed by atoms with E-state index in [1.54, 1.807) is 24.3 Å². The minimum absolute atomic E-state index is 0.569. The normalized spacial score (nSPS) is 29.5. The number of alkyl halides is 6. The van der Waals surface area contributed by atoms with Crippen molar-refractivity contribution in [2.75, 3.05) is 0 Å². The van der Waals surface area contributed by atoms with Crippen LogP contribution in [0.2, 0.25) is 23.3 Å². The Hall–Kier alpha value is -4.07. The highest BCUT2D eigenvalue weighted by Gasteiger charge is 2.60. The van der Waals surface area contributed by atoms with Crippen LogP contribution in [-0.4, -0.2) is 12.6 Å². The zero-order chi connectivity index (χ0) is 37.3. The molecule has 2 spiro atoms. The fourth-order valence-corrected chi connectivity index (χ4v) is 13.1. The van der Waals surface area contributed by atoms with Gasteiger partial charge in [-0.25, -0.2) is 0 Å². The summed E-state index contributed by atoms with van der Waals surface area (Å²) in [6.07, 6.45) is 13.4. The van der Waals surface area contributed by atoms with Crippen molar-refractivity contribution in [2.45, 2.75) is 113 Å². The second kappa shape index (κ2) is 13.3. The van der Waals surface area contributed by atoms with E-state index in [0.717, 1.165) is 11.1 Å². The Morgan fingerprint density at radius 3 is 1.04 bits per heavy atom. The van der Waals surface area contributed by atoms with Crippen LogP contribution < -0.4 is 8.96 Å². The highest BCUT2D eigenvalue weighted by molar-refractivity contribution is 6.94. The lowest BCUT2D eigenvalue weighted by Crippen LogP contribution is -2.71. The van der Waals surface area contributed by atoms with Crippen molar-refractivity contribution in [3.63, 3.8) is 0 Å². The number of fused-ring (bicyclic) bond motifs is 2. The van der Waals surface area contributed by atoms with Crippen LogP contribution in [0.15, 0.2) is 97.3 Å². The molecule has 4 fully saturated rings. The smallest absolute Gasteiger partial charge is 0.416 e. The number of pyridine rings is 2. The Bertz CT molecular complexity index is 1910. The van der Waals surface area contributed by atoms with Gasteiger partial charge in [0.05, 0.1) is 11.1 Å². The van der Waals surface area contributed by atoms with Crippen LogP contribution in [-0.2, 0) is 12.4 Å². The zero-order valence-electron chi connectivity index (χ0n) is 30.5. The Morgan fingerprint density at radius 1 is 0.426 bits per heavy atom. The molecule has 0 aliphatic carbocycles. The number of hydrogen-bond donors (Lipinski definition) is 0. The topological polar surface area (TPSA) is 7.76 Å². The molecule has 10 rings (SSSR count). The Balaban J connectivity index is 0.000000142. The molecule has 0 radical (unpaired) electrons. The Morgan fingerprint density at radius 2 is 0.741 bits per heavy atom. The van der Waals surface area contributed by atoms with E-state index in [2.05, 4.69) is 69.9 Å². The van der Waals surface area contributed by atoms with Gasteiger partial charge >= 0.3 is 24.9 Å². The van der Waals surface area contributed by atoms with E-state index >= 15 is 0 Å². The molecule has 2 aromatic heterocycles. The maximum Gasteiger partial charge on any atom is 0.416 e. The summed E-state index contributed by atoms with van der Waals surface area (Å²) in [6.45, 7) is 0. The van der Waals surface area contributed by atoms with Gasteiger partial charge in [-0.05, 0) is 48.6 Å². The fourth-order valence-electron chi connectivity index (χ4n) is 13.1. The van der Waals surface area contributed by atoms with E-state index in [4.69, 9.17) is 0 Å². The number of rotatable bonds is 2. The molecule has 8 heterocycles. The maximum absolute atomic E-state index is 13.0. The number of benzene rings is 2. The molecule has 10 heteroatoms. The molecule has 0 unspecified atom stereocenters. The number of nitrogens with zero attached hydrogens (tertiary/aromatic N) is 2. The standard InChI is InChI=1S/2C22H23BF3N/c2*24-22(25,26)17-12-10-16(11-13-17)21-15-20-9-1-2-14-27(20)23(21)18-5-3-6-19(23)8-4-7-18/h2*1-2,9-15,18-19H,3-8H2.